The van der Waals surface area contributed by atoms with Crippen molar-refractivity contribution in [2.24, 2.45) is 0 Å². The van der Waals surface area contributed by atoms with Crippen molar-refractivity contribution in [3.05, 3.63) is 77.3 Å². The first kappa shape index (κ1) is 18.7. The van der Waals surface area contributed by atoms with Crippen LogP contribution < -0.4 is 15.4 Å². The van der Waals surface area contributed by atoms with Crippen LogP contribution in [0.4, 0.5) is 11.6 Å². The van der Waals surface area contributed by atoms with Crippen molar-refractivity contribution in [1.82, 2.24) is 14.8 Å². The highest BCUT2D eigenvalue weighted by molar-refractivity contribution is 6.06. The Kier molecular flexibility index (Phi) is 5.03. The molecule has 1 atom stereocenters. The number of benzene rings is 2. The number of aryl methyl sites for hydroxylation is 1. The molecule has 148 valence electrons. The third-order valence-electron chi connectivity index (χ3n) is 4.95. The minimum atomic E-state index is -0.458. The number of aromatic nitrogens is 3. The zero-order valence-corrected chi connectivity index (χ0v) is 16.6. The summed E-state index contributed by atoms with van der Waals surface area (Å²) in [6, 6.07) is 15.0. The van der Waals surface area contributed by atoms with Gasteiger partial charge in [-0.3, -0.25) is 4.79 Å². The van der Waals surface area contributed by atoms with E-state index in [0.29, 0.717) is 18.1 Å². The first-order valence-corrected chi connectivity index (χ1v) is 9.56. The van der Waals surface area contributed by atoms with Gasteiger partial charge in [0.15, 0.2) is 0 Å². The summed E-state index contributed by atoms with van der Waals surface area (Å²) in [6.45, 7) is 6.31. The summed E-state index contributed by atoms with van der Waals surface area (Å²) in [5.41, 5.74) is 3.93. The number of amides is 1. The van der Waals surface area contributed by atoms with Crippen molar-refractivity contribution in [1.29, 1.82) is 0 Å². The van der Waals surface area contributed by atoms with Gasteiger partial charge in [0, 0.05) is 16.9 Å². The highest BCUT2D eigenvalue weighted by atomic mass is 16.5. The van der Waals surface area contributed by atoms with E-state index in [2.05, 4.69) is 20.7 Å². The first-order valence-electron chi connectivity index (χ1n) is 9.56. The second kappa shape index (κ2) is 7.79. The lowest BCUT2D eigenvalue weighted by Crippen LogP contribution is -2.32. The number of nitrogens with zero attached hydrogens (tertiary/aromatic N) is 3. The molecule has 2 heterocycles. The maximum atomic E-state index is 13.4. The number of anilines is 2. The largest absolute Gasteiger partial charge is 0.494 e. The van der Waals surface area contributed by atoms with Crippen LogP contribution in [0.1, 0.15) is 31.0 Å². The van der Waals surface area contributed by atoms with E-state index in [1.54, 1.807) is 4.68 Å². The zero-order valence-electron chi connectivity index (χ0n) is 16.6. The number of carbonyl (C=O) groups is 1. The van der Waals surface area contributed by atoms with Crippen LogP contribution in [-0.2, 0) is 4.79 Å². The van der Waals surface area contributed by atoms with Crippen molar-refractivity contribution in [2.45, 2.75) is 26.8 Å². The lowest BCUT2D eigenvalue weighted by molar-refractivity contribution is -0.113. The van der Waals surface area contributed by atoms with Crippen LogP contribution >= 0.6 is 0 Å². The molecule has 2 N–H and O–H groups in total. The molecule has 3 aromatic rings. The molecule has 29 heavy (non-hydrogen) atoms. The van der Waals surface area contributed by atoms with Crippen molar-refractivity contribution < 1.29 is 9.53 Å². The molecule has 0 aliphatic carbocycles. The van der Waals surface area contributed by atoms with E-state index >= 15 is 0 Å². The van der Waals surface area contributed by atoms with Gasteiger partial charge in [-0.05, 0) is 38.5 Å². The van der Waals surface area contributed by atoms with Gasteiger partial charge < -0.3 is 15.4 Å². The fraction of sp³-hybridized carbons (Fsp3) is 0.227. The number of hydrogen-bond acceptors (Lipinski definition) is 5. The van der Waals surface area contributed by atoms with Crippen LogP contribution in [0, 0.1) is 6.92 Å². The van der Waals surface area contributed by atoms with Crippen LogP contribution in [0.2, 0.25) is 0 Å². The molecule has 0 spiro atoms. The summed E-state index contributed by atoms with van der Waals surface area (Å²) in [6.07, 6.45) is 1.48. The number of rotatable bonds is 5. The van der Waals surface area contributed by atoms with Crippen molar-refractivity contribution in [3.8, 4) is 5.75 Å². The molecule has 7 heteroatoms. The summed E-state index contributed by atoms with van der Waals surface area (Å²) in [5.74, 6) is 1.12. The van der Waals surface area contributed by atoms with Crippen LogP contribution in [-0.4, -0.2) is 27.3 Å². The van der Waals surface area contributed by atoms with Gasteiger partial charge in [-0.2, -0.15) is 10.1 Å². The maximum Gasteiger partial charge on any atom is 0.255 e. The highest BCUT2D eigenvalue weighted by Crippen LogP contribution is 2.39. The minimum Gasteiger partial charge on any atom is -0.494 e. The van der Waals surface area contributed by atoms with Crippen molar-refractivity contribution in [2.75, 3.05) is 17.2 Å². The molecule has 0 bridgehead atoms. The Morgan fingerprint density at radius 2 is 1.93 bits per heavy atom. The Balaban J connectivity index is 1.81. The van der Waals surface area contributed by atoms with E-state index in [1.807, 2.05) is 69.3 Å². The van der Waals surface area contributed by atoms with E-state index in [-0.39, 0.29) is 5.91 Å². The summed E-state index contributed by atoms with van der Waals surface area (Å²) in [7, 11) is 0. The molecule has 1 aliphatic heterocycles. The van der Waals surface area contributed by atoms with Gasteiger partial charge >= 0.3 is 0 Å². The number of hydrogen-bond donors (Lipinski definition) is 2. The second-order valence-corrected chi connectivity index (χ2v) is 6.83. The maximum absolute atomic E-state index is 13.4. The van der Waals surface area contributed by atoms with Crippen LogP contribution in [0.15, 0.2) is 66.1 Å². The predicted octanol–water partition coefficient (Wildman–Crippen LogP) is 3.91. The molecule has 0 unspecified atom stereocenters. The third kappa shape index (κ3) is 3.47. The monoisotopic (exact) mass is 389 g/mol. The number of carbonyl (C=O) groups excluding carboxylic acids is 1. The number of para-hydroxylation sites is 2. The van der Waals surface area contributed by atoms with Crippen molar-refractivity contribution >= 4 is 17.5 Å². The topological polar surface area (TPSA) is 81.1 Å². The van der Waals surface area contributed by atoms with Gasteiger partial charge in [0.25, 0.3) is 5.91 Å². The molecular formula is C22H23N5O2. The zero-order chi connectivity index (χ0) is 20.4. The lowest BCUT2D eigenvalue weighted by atomic mass is 9.94. The average Bonchev–Trinajstić information content (AvgIpc) is 3.17. The van der Waals surface area contributed by atoms with Gasteiger partial charge in [0.2, 0.25) is 5.95 Å². The molecule has 0 saturated carbocycles. The normalized spacial score (nSPS) is 15.5. The lowest BCUT2D eigenvalue weighted by Gasteiger charge is -2.29. The number of fused-ring (bicyclic) bond motifs is 1. The Labute approximate surface area is 169 Å². The first-order chi connectivity index (χ1) is 14.1. The number of allylic oxidation sites excluding steroid dienone is 1. The second-order valence-electron chi connectivity index (χ2n) is 6.83. The molecule has 1 aromatic heterocycles. The Morgan fingerprint density at radius 1 is 1.17 bits per heavy atom. The fourth-order valence-corrected chi connectivity index (χ4v) is 3.57. The van der Waals surface area contributed by atoms with E-state index in [9.17, 15) is 4.79 Å². The van der Waals surface area contributed by atoms with E-state index in [0.717, 1.165) is 28.3 Å². The average molecular weight is 389 g/mol. The Bertz CT molecular complexity index is 1090. The van der Waals surface area contributed by atoms with E-state index < -0.39 is 6.04 Å². The molecular weight excluding hydrogens is 366 g/mol. The predicted molar refractivity (Wildman–Crippen MR) is 112 cm³/mol. The highest BCUT2D eigenvalue weighted by Gasteiger charge is 2.35. The Hall–Kier alpha value is -3.61. The molecule has 0 fully saturated rings. The summed E-state index contributed by atoms with van der Waals surface area (Å²) >= 11 is 0. The molecule has 1 aliphatic rings. The molecule has 4 rings (SSSR count). The summed E-state index contributed by atoms with van der Waals surface area (Å²) in [5, 5.41) is 10.6. The van der Waals surface area contributed by atoms with Gasteiger partial charge in [0.05, 0.1) is 12.2 Å². The summed E-state index contributed by atoms with van der Waals surface area (Å²) in [4.78, 5) is 17.7. The molecule has 0 radical (unpaired) electrons. The molecule has 7 nitrogen and oxygen atoms in total. The van der Waals surface area contributed by atoms with Gasteiger partial charge in [-0.15, -0.1) is 0 Å². The van der Waals surface area contributed by atoms with Crippen LogP contribution in [0.3, 0.4) is 0 Å². The number of nitrogens with one attached hydrogen (secondary N) is 2. The van der Waals surface area contributed by atoms with Gasteiger partial charge in [-0.25, -0.2) is 4.68 Å². The number of ether oxygens (including phenoxy) is 1. The SMILES string of the molecule is CCOc1ccccc1[C@H]1C(C(=O)Nc2ccccc2C)=C(C)Nc2ncnn21. The minimum absolute atomic E-state index is 0.193. The van der Waals surface area contributed by atoms with Crippen LogP contribution in [0.5, 0.6) is 5.75 Å². The van der Waals surface area contributed by atoms with Crippen molar-refractivity contribution in [3.63, 3.8) is 0 Å². The van der Waals surface area contributed by atoms with E-state index in [4.69, 9.17) is 4.74 Å². The smallest absolute Gasteiger partial charge is 0.255 e. The van der Waals surface area contributed by atoms with Gasteiger partial charge in [0.1, 0.15) is 18.1 Å². The Morgan fingerprint density at radius 3 is 2.72 bits per heavy atom. The standard InChI is InChI=1S/C22H23N5O2/c1-4-29-18-12-8-6-10-16(18)20-19(15(3)25-22-23-13-24-27(20)22)21(28)26-17-11-7-5-9-14(17)2/h5-13,20H,4H2,1-3H3,(H,26,28)(H,23,24,25)/t20-/m0/s1. The van der Waals surface area contributed by atoms with E-state index in [1.165, 1.54) is 6.33 Å². The third-order valence-corrected chi connectivity index (χ3v) is 4.95. The van der Waals surface area contributed by atoms with Gasteiger partial charge in [-0.1, -0.05) is 36.4 Å². The quantitative estimate of drug-likeness (QED) is 0.691. The fourth-order valence-electron chi connectivity index (χ4n) is 3.57. The van der Waals surface area contributed by atoms with Crippen LogP contribution in [0.25, 0.3) is 0 Å². The molecule has 0 saturated heterocycles. The molecule has 2 aromatic carbocycles. The molecule has 1 amide bonds. The summed E-state index contributed by atoms with van der Waals surface area (Å²) < 4.78 is 7.57.